The van der Waals surface area contributed by atoms with E-state index in [1.807, 2.05) is 13.8 Å². The van der Waals surface area contributed by atoms with Crippen molar-refractivity contribution in [1.29, 1.82) is 5.26 Å². The van der Waals surface area contributed by atoms with Crippen molar-refractivity contribution in [3.8, 4) is 6.07 Å². The molecule has 2 aliphatic heterocycles. The molecule has 27 heavy (non-hydrogen) atoms. The highest BCUT2D eigenvalue weighted by Crippen LogP contribution is 2.19. The Kier molecular flexibility index (Phi) is 6.02. The quantitative estimate of drug-likeness (QED) is 0.604. The maximum atomic E-state index is 12.8. The molecule has 0 bridgehead atoms. The van der Waals surface area contributed by atoms with Gasteiger partial charge in [0, 0.05) is 51.2 Å². The Morgan fingerprint density at radius 1 is 1.19 bits per heavy atom. The third-order valence-corrected chi connectivity index (χ3v) is 5.05. The van der Waals surface area contributed by atoms with Gasteiger partial charge in [-0.05, 0) is 38.5 Å². The number of carbonyl (C=O) groups is 1. The van der Waals surface area contributed by atoms with Gasteiger partial charge in [-0.3, -0.25) is 4.79 Å². The van der Waals surface area contributed by atoms with E-state index in [9.17, 15) is 10.1 Å². The Morgan fingerprint density at radius 2 is 1.85 bits per heavy atom. The van der Waals surface area contributed by atoms with Crippen LogP contribution in [0.5, 0.6) is 0 Å². The lowest BCUT2D eigenvalue weighted by molar-refractivity contribution is -0.138. The van der Waals surface area contributed by atoms with Crippen LogP contribution in [0.25, 0.3) is 0 Å². The van der Waals surface area contributed by atoms with E-state index in [2.05, 4.69) is 47.1 Å². The van der Waals surface area contributed by atoms with Crippen molar-refractivity contribution in [2.45, 2.75) is 33.0 Å². The number of benzene rings is 1. The summed E-state index contributed by atoms with van der Waals surface area (Å²) in [6.07, 6.45) is 1.73. The third-order valence-electron chi connectivity index (χ3n) is 5.05. The fraction of sp³-hybridized carbons (Fsp3) is 0.524. The SMILES string of the molecule is Cc1cccc(N2CCN(/C=C(/C#N)C(=O)N3CC(C)OC(C)C3)CC2)c1. The van der Waals surface area contributed by atoms with Crippen molar-refractivity contribution in [3.63, 3.8) is 0 Å². The Bertz CT molecular complexity index is 737. The molecule has 2 heterocycles. The van der Waals surface area contributed by atoms with Gasteiger partial charge < -0.3 is 19.4 Å². The van der Waals surface area contributed by atoms with Crippen LogP contribution in [0.3, 0.4) is 0 Å². The highest BCUT2D eigenvalue weighted by Gasteiger charge is 2.28. The average Bonchev–Trinajstić information content (AvgIpc) is 2.65. The first kappa shape index (κ1) is 19.2. The van der Waals surface area contributed by atoms with Crippen LogP contribution >= 0.6 is 0 Å². The number of rotatable bonds is 3. The molecular weight excluding hydrogens is 340 g/mol. The van der Waals surface area contributed by atoms with Crippen molar-refractivity contribution in [2.75, 3.05) is 44.2 Å². The summed E-state index contributed by atoms with van der Waals surface area (Å²) in [6.45, 7) is 10.4. The minimum atomic E-state index is -0.194. The van der Waals surface area contributed by atoms with Crippen molar-refractivity contribution >= 4 is 11.6 Å². The lowest BCUT2D eigenvalue weighted by Crippen LogP contribution is -2.49. The van der Waals surface area contributed by atoms with Crippen LogP contribution < -0.4 is 4.90 Å². The molecule has 2 fully saturated rings. The second kappa shape index (κ2) is 8.45. The number of nitriles is 1. The summed E-state index contributed by atoms with van der Waals surface area (Å²) in [5, 5.41) is 9.52. The normalized spacial score (nSPS) is 23.9. The molecule has 1 aromatic carbocycles. The molecule has 144 valence electrons. The first-order valence-electron chi connectivity index (χ1n) is 9.58. The molecule has 0 saturated carbocycles. The molecule has 1 aromatic rings. The molecule has 2 aliphatic rings. The summed E-state index contributed by atoms with van der Waals surface area (Å²) in [6, 6.07) is 10.6. The number of aryl methyl sites for hydroxylation is 1. The van der Waals surface area contributed by atoms with Crippen molar-refractivity contribution in [2.24, 2.45) is 0 Å². The molecular formula is C21H28N4O2. The summed E-state index contributed by atoms with van der Waals surface area (Å²) >= 11 is 0. The summed E-state index contributed by atoms with van der Waals surface area (Å²) in [4.78, 5) is 18.9. The first-order valence-corrected chi connectivity index (χ1v) is 9.58. The molecule has 1 amide bonds. The number of ether oxygens (including phenoxy) is 1. The summed E-state index contributed by atoms with van der Waals surface area (Å²) in [5.74, 6) is -0.194. The first-order chi connectivity index (χ1) is 13.0. The smallest absolute Gasteiger partial charge is 0.266 e. The van der Waals surface area contributed by atoms with Gasteiger partial charge in [-0.15, -0.1) is 0 Å². The van der Waals surface area contributed by atoms with Crippen molar-refractivity contribution in [1.82, 2.24) is 9.80 Å². The fourth-order valence-corrected chi connectivity index (χ4v) is 3.76. The molecule has 0 aromatic heterocycles. The number of nitrogens with zero attached hydrogens (tertiary/aromatic N) is 4. The number of morpholine rings is 1. The van der Waals surface area contributed by atoms with Gasteiger partial charge in [-0.25, -0.2) is 0 Å². The summed E-state index contributed by atoms with van der Waals surface area (Å²) in [5.41, 5.74) is 2.69. The molecule has 0 N–H and O–H groups in total. The molecule has 3 rings (SSSR count). The number of carbonyl (C=O) groups excluding carboxylic acids is 1. The predicted molar refractivity (Wildman–Crippen MR) is 105 cm³/mol. The highest BCUT2D eigenvalue weighted by atomic mass is 16.5. The number of hydrogen-bond donors (Lipinski definition) is 0. The van der Waals surface area contributed by atoms with E-state index in [-0.39, 0.29) is 23.7 Å². The van der Waals surface area contributed by atoms with E-state index in [0.29, 0.717) is 13.1 Å². The van der Waals surface area contributed by atoms with E-state index < -0.39 is 0 Å². The minimum Gasteiger partial charge on any atom is -0.373 e. The van der Waals surface area contributed by atoms with Gasteiger partial charge in [0.05, 0.1) is 12.2 Å². The van der Waals surface area contributed by atoms with Gasteiger partial charge in [0.15, 0.2) is 0 Å². The topological polar surface area (TPSA) is 59.8 Å². The Balaban J connectivity index is 1.62. The van der Waals surface area contributed by atoms with Crippen LogP contribution in [0, 0.1) is 18.3 Å². The summed E-state index contributed by atoms with van der Waals surface area (Å²) in [7, 11) is 0. The van der Waals surface area contributed by atoms with E-state index in [1.165, 1.54) is 11.3 Å². The summed E-state index contributed by atoms with van der Waals surface area (Å²) < 4.78 is 5.68. The lowest BCUT2D eigenvalue weighted by atomic mass is 10.1. The molecule has 0 spiro atoms. The number of piperazine rings is 1. The van der Waals surface area contributed by atoms with Crippen LogP contribution in [-0.4, -0.2) is 67.2 Å². The second-order valence-corrected chi connectivity index (χ2v) is 7.48. The van der Waals surface area contributed by atoms with E-state index >= 15 is 0 Å². The molecule has 2 saturated heterocycles. The molecule has 2 atom stereocenters. The van der Waals surface area contributed by atoms with Crippen LogP contribution in [0.2, 0.25) is 0 Å². The third kappa shape index (κ3) is 4.81. The van der Waals surface area contributed by atoms with Gasteiger partial charge in [-0.1, -0.05) is 12.1 Å². The zero-order chi connectivity index (χ0) is 19.4. The predicted octanol–water partition coefficient (Wildman–Crippen LogP) is 2.16. The van der Waals surface area contributed by atoms with Gasteiger partial charge in [-0.2, -0.15) is 5.26 Å². The molecule has 6 heteroatoms. The highest BCUT2D eigenvalue weighted by molar-refractivity contribution is 5.97. The van der Waals surface area contributed by atoms with Crippen LogP contribution in [0.1, 0.15) is 19.4 Å². The molecule has 6 nitrogen and oxygen atoms in total. The maximum Gasteiger partial charge on any atom is 0.266 e. The Morgan fingerprint density at radius 3 is 2.44 bits per heavy atom. The van der Waals surface area contributed by atoms with Gasteiger partial charge in [0.2, 0.25) is 0 Å². The number of hydrogen-bond acceptors (Lipinski definition) is 5. The fourth-order valence-electron chi connectivity index (χ4n) is 3.76. The standard InChI is InChI=1S/C21H28N4O2/c1-16-5-4-6-20(11-16)24-9-7-23(8-10-24)15-19(12-22)21(26)25-13-17(2)27-18(3)14-25/h4-6,11,15,17-18H,7-10,13-14H2,1-3H3/b19-15-. The van der Waals surface area contributed by atoms with E-state index in [0.717, 1.165) is 26.2 Å². The molecule has 0 radical (unpaired) electrons. The maximum absolute atomic E-state index is 12.8. The molecule has 2 unspecified atom stereocenters. The largest absolute Gasteiger partial charge is 0.373 e. The van der Waals surface area contributed by atoms with Gasteiger partial charge >= 0.3 is 0 Å². The van der Waals surface area contributed by atoms with Crippen molar-refractivity contribution < 1.29 is 9.53 Å². The zero-order valence-electron chi connectivity index (χ0n) is 16.4. The lowest BCUT2D eigenvalue weighted by Gasteiger charge is -2.37. The average molecular weight is 368 g/mol. The van der Waals surface area contributed by atoms with Crippen LogP contribution in [0.4, 0.5) is 5.69 Å². The zero-order valence-corrected chi connectivity index (χ0v) is 16.4. The Labute approximate surface area is 161 Å². The second-order valence-electron chi connectivity index (χ2n) is 7.48. The van der Waals surface area contributed by atoms with Gasteiger partial charge in [0.25, 0.3) is 5.91 Å². The Hall–Kier alpha value is -2.52. The minimum absolute atomic E-state index is 0.00415. The van der Waals surface area contributed by atoms with Gasteiger partial charge in [0.1, 0.15) is 11.6 Å². The monoisotopic (exact) mass is 368 g/mol. The van der Waals surface area contributed by atoms with E-state index in [4.69, 9.17) is 4.74 Å². The van der Waals surface area contributed by atoms with Crippen LogP contribution in [0.15, 0.2) is 36.0 Å². The van der Waals surface area contributed by atoms with Crippen LogP contribution in [-0.2, 0) is 9.53 Å². The number of amides is 1. The van der Waals surface area contributed by atoms with E-state index in [1.54, 1.807) is 11.1 Å². The van der Waals surface area contributed by atoms with Crippen molar-refractivity contribution in [3.05, 3.63) is 41.6 Å². The number of anilines is 1. The molecule has 0 aliphatic carbocycles.